The van der Waals surface area contributed by atoms with Gasteiger partial charge in [0.25, 0.3) is 10.1 Å². The van der Waals surface area contributed by atoms with Crippen molar-refractivity contribution in [3.05, 3.63) is 137 Å². The van der Waals surface area contributed by atoms with Crippen LogP contribution in [0.25, 0.3) is 0 Å². The van der Waals surface area contributed by atoms with Crippen LogP contribution in [0.1, 0.15) is 101 Å². The average Bonchev–Trinajstić information content (AvgIpc) is 4.33. The molecular formula is C64H88Cl3N7O13S. The number of esters is 1. The maximum atomic E-state index is 12.0. The zero-order valence-corrected chi connectivity index (χ0v) is 55.4. The third kappa shape index (κ3) is 26.6. The van der Waals surface area contributed by atoms with Gasteiger partial charge in [0.15, 0.2) is 11.5 Å². The fourth-order valence-corrected chi connectivity index (χ4v) is 10.2. The van der Waals surface area contributed by atoms with Crippen LogP contribution >= 0.6 is 34.8 Å². The first-order valence-electron chi connectivity index (χ1n) is 29.6. The minimum atomic E-state index is -3.35. The number of halogens is 3. The van der Waals surface area contributed by atoms with Crippen LogP contribution in [0, 0.1) is 5.92 Å². The van der Waals surface area contributed by atoms with Crippen LogP contribution in [-0.2, 0) is 28.6 Å². The first-order valence-corrected chi connectivity index (χ1v) is 32.5. The molecule has 1 aliphatic carbocycles. The molecule has 4 aliphatic rings. The van der Waals surface area contributed by atoms with Crippen LogP contribution in [0.4, 0.5) is 4.79 Å². The van der Waals surface area contributed by atoms with Gasteiger partial charge in [-0.3, -0.25) is 23.9 Å². The normalized spacial score (nSPS) is 18.3. The molecule has 2 aromatic heterocycles. The van der Waals surface area contributed by atoms with Gasteiger partial charge in [-0.05, 0) is 186 Å². The number of hydrogen-bond donors (Lipinski definition) is 2. The highest BCUT2D eigenvalue weighted by Crippen LogP contribution is 2.32. The Hall–Kier alpha value is -6.04. The molecule has 24 heteroatoms. The zero-order valence-electron chi connectivity index (χ0n) is 52.3. The zero-order chi connectivity index (χ0) is 64.2. The highest BCUT2D eigenvalue weighted by atomic mass is 35.5. The Balaban J connectivity index is 0.000000194. The van der Waals surface area contributed by atoms with Gasteiger partial charge < -0.3 is 43.2 Å². The van der Waals surface area contributed by atoms with Gasteiger partial charge in [0, 0.05) is 74.0 Å². The molecule has 2 N–H and O–H groups in total. The van der Waals surface area contributed by atoms with Gasteiger partial charge in [0.05, 0.1) is 43.6 Å². The van der Waals surface area contributed by atoms with Gasteiger partial charge in [-0.1, -0.05) is 40.9 Å². The maximum Gasteiger partial charge on any atom is 0.435 e. The van der Waals surface area contributed by atoms with Crippen LogP contribution in [0.15, 0.2) is 122 Å². The van der Waals surface area contributed by atoms with Crippen molar-refractivity contribution in [2.45, 2.75) is 129 Å². The van der Waals surface area contributed by atoms with Crippen molar-refractivity contribution in [1.82, 2.24) is 34.7 Å². The van der Waals surface area contributed by atoms with Gasteiger partial charge in [-0.2, -0.15) is 23.3 Å². The maximum absolute atomic E-state index is 12.0. The molecule has 0 saturated carbocycles. The van der Waals surface area contributed by atoms with E-state index in [0.717, 1.165) is 130 Å². The summed E-state index contributed by atoms with van der Waals surface area (Å²) >= 11 is 17.7. The number of aliphatic hydroxyl groups is 1. The Bertz CT molecular complexity index is 3090. The van der Waals surface area contributed by atoms with Crippen molar-refractivity contribution >= 4 is 57.0 Å². The van der Waals surface area contributed by atoms with E-state index in [4.69, 9.17) is 77.3 Å². The Kier molecular flexibility index (Phi) is 26.3. The number of carbonyl (C=O) groups is 2. The Morgan fingerprint density at radius 3 is 1.35 bits per heavy atom. The molecule has 0 bridgehead atoms. The second kappa shape index (κ2) is 32.6. The van der Waals surface area contributed by atoms with E-state index in [0.29, 0.717) is 35.6 Å². The largest absolute Gasteiger partial charge is 0.508 e. The molecule has 5 heterocycles. The third-order valence-electron chi connectivity index (χ3n) is 14.4. The van der Waals surface area contributed by atoms with Crippen LogP contribution in [0.3, 0.4) is 0 Å². The Morgan fingerprint density at radius 2 is 1.00 bits per heavy atom. The van der Waals surface area contributed by atoms with Gasteiger partial charge in [0.1, 0.15) is 64.2 Å². The van der Waals surface area contributed by atoms with Crippen LogP contribution in [0.2, 0.25) is 15.1 Å². The van der Waals surface area contributed by atoms with Crippen molar-refractivity contribution in [3.63, 3.8) is 0 Å². The number of allylic oxidation sites excluding steroid dienone is 1. The Morgan fingerprint density at radius 1 is 0.602 bits per heavy atom. The number of aromatic amines is 1. The van der Waals surface area contributed by atoms with Gasteiger partial charge >= 0.3 is 12.1 Å². The van der Waals surface area contributed by atoms with Crippen molar-refractivity contribution in [3.8, 4) is 28.7 Å². The highest BCUT2D eigenvalue weighted by molar-refractivity contribution is 7.86. The van der Waals surface area contributed by atoms with Crippen molar-refractivity contribution in [2.75, 3.05) is 85.0 Å². The number of benzene rings is 3. The van der Waals surface area contributed by atoms with E-state index in [-0.39, 0.29) is 35.1 Å². The summed E-state index contributed by atoms with van der Waals surface area (Å²) in [6, 6.07) is 22.5. The first kappa shape index (κ1) is 71.0. The second-order valence-corrected chi connectivity index (χ2v) is 27.8. The fourth-order valence-electron chi connectivity index (χ4n) is 9.44. The second-order valence-electron chi connectivity index (χ2n) is 24.8. The number of H-pyrrole nitrogens is 1. The summed E-state index contributed by atoms with van der Waals surface area (Å²) in [5.41, 5.74) is -1.54. The molecule has 0 spiro atoms. The molecule has 484 valence electrons. The molecular weight excluding hydrogens is 1210 g/mol. The number of hydrogen-bond acceptors (Lipinski definition) is 18. The number of piperidine rings is 3. The SMILES string of the molecule is CC(C)(C)OC(=O)C1C=CC(O)=C1.CC(C)(C)OC(=O)n1cc(OCCN2CCC(C)(Oc3ccc(Cl)cc3)CC2)cn1.CC1(Oc2ccc(Cl)cc2)CCN(CCOS(C)(=O)=O)CC1.CC1(Oc2ccc(Cl)cc2)CCN(CCOc2cn[nH]c2)CC1. The number of nitrogens with zero attached hydrogens (tertiary/aromatic N) is 6. The molecule has 3 aromatic carbocycles. The lowest BCUT2D eigenvalue weighted by Gasteiger charge is -2.39. The molecule has 20 nitrogen and oxygen atoms in total. The molecule has 0 radical (unpaired) electrons. The number of aromatic nitrogens is 4. The van der Waals surface area contributed by atoms with E-state index in [1.807, 2.05) is 114 Å². The van der Waals surface area contributed by atoms with E-state index in [9.17, 15) is 18.0 Å². The van der Waals surface area contributed by atoms with Crippen molar-refractivity contribution in [1.29, 1.82) is 0 Å². The topological polar surface area (TPSA) is 219 Å². The highest BCUT2D eigenvalue weighted by Gasteiger charge is 2.35. The molecule has 5 aromatic rings. The van der Waals surface area contributed by atoms with Crippen LogP contribution < -0.4 is 23.7 Å². The van der Waals surface area contributed by atoms with Crippen LogP contribution in [0.5, 0.6) is 28.7 Å². The molecule has 88 heavy (non-hydrogen) atoms. The first-order chi connectivity index (χ1) is 41.4. The summed E-state index contributed by atoms with van der Waals surface area (Å²) in [7, 11) is -3.35. The van der Waals surface area contributed by atoms with Crippen LogP contribution in [-0.4, -0.2) is 173 Å². The Labute approximate surface area is 534 Å². The summed E-state index contributed by atoms with van der Waals surface area (Å²) in [6.45, 7) is 26.7. The summed E-state index contributed by atoms with van der Waals surface area (Å²) in [6.07, 6.45) is 17.3. The smallest absolute Gasteiger partial charge is 0.435 e. The van der Waals surface area contributed by atoms with Crippen molar-refractivity contribution in [2.24, 2.45) is 5.92 Å². The minimum absolute atomic E-state index is 0.115. The minimum Gasteiger partial charge on any atom is -0.508 e. The molecule has 1 unspecified atom stereocenters. The van der Waals surface area contributed by atoms with E-state index in [1.54, 1.807) is 24.7 Å². The summed E-state index contributed by atoms with van der Waals surface area (Å²) in [4.78, 5) is 30.3. The number of carbonyl (C=O) groups excluding carboxylic acids is 2. The lowest BCUT2D eigenvalue weighted by Crippen LogP contribution is -2.47. The average molecular weight is 1300 g/mol. The van der Waals surface area contributed by atoms with E-state index in [1.165, 1.54) is 18.3 Å². The number of nitrogens with one attached hydrogen (secondary N) is 1. The quantitative estimate of drug-likeness (QED) is 0.0580. The summed E-state index contributed by atoms with van der Waals surface area (Å²) < 4.78 is 68.1. The van der Waals surface area contributed by atoms with Gasteiger partial charge in [-0.15, -0.1) is 0 Å². The van der Waals surface area contributed by atoms with Crippen molar-refractivity contribution < 1.29 is 60.5 Å². The predicted molar refractivity (Wildman–Crippen MR) is 342 cm³/mol. The number of aliphatic hydroxyl groups excluding tert-OH is 1. The summed E-state index contributed by atoms with van der Waals surface area (Å²) in [5.74, 6) is 3.25. The number of rotatable bonds is 19. The molecule has 9 rings (SSSR count). The molecule has 3 saturated heterocycles. The number of likely N-dealkylation sites (tertiary alicyclic amines) is 3. The standard InChI is InChI=1S/C22H30ClN3O4.C17H22ClN3O2.C15H22ClNO4S.C10H14O3/c1-21(2,3)30-20(27)26-16-19(15-24-26)28-14-13-25-11-9-22(4,10-12-25)29-18-7-5-17(23)6-8-18;1-17(23-15-4-2-14(18)3-5-15)6-8-21(9-7-17)10-11-22-16-12-19-20-13-16;1-15(21-14-5-3-13(16)4-6-14)7-9-17(10-8-15)11-12-20-22(2,18)19;1-10(2,3)13-9(12)7-4-5-8(11)6-7/h5-8,15-16H,9-14H2,1-4H3;2-5,12-13H,6-11H2,1H3,(H,19,20);3-6H,7-12H2,1-2H3;4-7,11H,1-3H3. The molecule has 1 atom stereocenters. The fraction of sp³-hybridized carbons (Fsp3) is 0.531. The predicted octanol–water partition coefficient (Wildman–Crippen LogP) is 12.5. The van der Waals surface area contributed by atoms with E-state index >= 15 is 0 Å². The van der Waals surface area contributed by atoms with Gasteiger partial charge in [0.2, 0.25) is 0 Å². The number of ether oxygens (including phenoxy) is 7. The summed E-state index contributed by atoms with van der Waals surface area (Å²) in [5, 5.41) is 21.8. The molecule has 3 aliphatic heterocycles. The van der Waals surface area contributed by atoms with Gasteiger partial charge in [-0.25, -0.2) is 4.79 Å². The molecule has 3 fully saturated rings. The van der Waals surface area contributed by atoms with E-state index < -0.39 is 33.3 Å². The van der Waals surface area contributed by atoms with E-state index in [2.05, 4.69) is 50.8 Å². The molecule has 0 amide bonds. The lowest BCUT2D eigenvalue weighted by atomic mass is 9.93. The lowest BCUT2D eigenvalue weighted by molar-refractivity contribution is -0.156. The monoisotopic (exact) mass is 1300 g/mol. The third-order valence-corrected chi connectivity index (χ3v) is 15.8.